The predicted molar refractivity (Wildman–Crippen MR) is 120 cm³/mol. The van der Waals surface area contributed by atoms with Crippen LogP contribution in [0.4, 0.5) is 0 Å². The van der Waals surface area contributed by atoms with Crippen molar-refractivity contribution in [1.82, 2.24) is 9.71 Å². The van der Waals surface area contributed by atoms with Crippen molar-refractivity contribution in [2.24, 2.45) is 5.92 Å². The van der Waals surface area contributed by atoms with Crippen molar-refractivity contribution >= 4 is 27.6 Å². The first-order valence-corrected chi connectivity index (χ1v) is 12.1. The third-order valence-corrected chi connectivity index (χ3v) is 6.60. The molecule has 0 amide bonds. The summed E-state index contributed by atoms with van der Waals surface area (Å²) in [5.74, 6) is 0.767. The fourth-order valence-corrected chi connectivity index (χ4v) is 4.29. The molecule has 1 unspecified atom stereocenters. The van der Waals surface area contributed by atoms with Crippen LogP contribution in [0, 0.1) is 5.92 Å². The molecule has 9 heteroatoms. The van der Waals surface area contributed by atoms with E-state index in [2.05, 4.69) is 9.71 Å². The highest BCUT2D eigenvalue weighted by Gasteiger charge is 2.15. The Bertz CT molecular complexity index is 892. The van der Waals surface area contributed by atoms with Crippen molar-refractivity contribution in [1.29, 1.82) is 0 Å². The molecule has 0 saturated carbocycles. The minimum Gasteiger partial charge on any atom is -0.492 e. The van der Waals surface area contributed by atoms with Crippen LogP contribution < -0.4 is 9.46 Å². The van der Waals surface area contributed by atoms with E-state index in [0.29, 0.717) is 43.2 Å². The lowest BCUT2D eigenvalue weighted by molar-refractivity contribution is -0.141. The van der Waals surface area contributed by atoms with Gasteiger partial charge in [0.25, 0.3) is 0 Å². The van der Waals surface area contributed by atoms with Crippen LogP contribution in [0.15, 0.2) is 53.7 Å². The van der Waals surface area contributed by atoms with Crippen molar-refractivity contribution in [3.05, 3.63) is 53.8 Å². The fraction of sp³-hybridized carbons (Fsp3) is 0.455. The van der Waals surface area contributed by atoms with Gasteiger partial charge in [0.1, 0.15) is 5.75 Å². The Labute approximate surface area is 189 Å². The van der Waals surface area contributed by atoms with E-state index in [0.717, 1.165) is 19.3 Å². The second-order valence-corrected chi connectivity index (χ2v) is 9.36. The van der Waals surface area contributed by atoms with Crippen LogP contribution in [0.25, 0.3) is 0 Å². The molecule has 0 aliphatic carbocycles. The number of halogens is 1. The second-order valence-electron chi connectivity index (χ2n) is 7.15. The Balaban J connectivity index is 1.74. The van der Waals surface area contributed by atoms with Crippen LogP contribution >= 0.6 is 11.6 Å². The number of unbranched alkanes of at least 4 members (excludes halogenated alkanes) is 1. The summed E-state index contributed by atoms with van der Waals surface area (Å²) in [4.78, 5) is 15.7. The smallest absolute Gasteiger partial charge is 0.305 e. The molecule has 1 aromatic heterocycles. The van der Waals surface area contributed by atoms with Crippen molar-refractivity contribution in [2.75, 3.05) is 20.3 Å². The largest absolute Gasteiger partial charge is 0.492 e. The van der Waals surface area contributed by atoms with Gasteiger partial charge < -0.3 is 9.47 Å². The number of hydrogen-bond acceptors (Lipinski definition) is 6. The van der Waals surface area contributed by atoms with Gasteiger partial charge >= 0.3 is 5.97 Å². The van der Waals surface area contributed by atoms with Gasteiger partial charge in [0, 0.05) is 24.2 Å². The number of hydrogen-bond donors (Lipinski definition) is 1. The monoisotopic (exact) mass is 468 g/mol. The molecule has 0 radical (unpaired) electrons. The van der Waals surface area contributed by atoms with Crippen LogP contribution in [-0.2, 0) is 19.6 Å². The molecule has 0 aliphatic heterocycles. The molecule has 0 saturated heterocycles. The molecule has 0 fully saturated rings. The number of esters is 1. The highest BCUT2D eigenvalue weighted by molar-refractivity contribution is 7.89. The maximum atomic E-state index is 12.3. The van der Waals surface area contributed by atoms with Gasteiger partial charge in [-0.1, -0.05) is 24.4 Å². The average Bonchev–Trinajstić information content (AvgIpc) is 2.77. The van der Waals surface area contributed by atoms with Gasteiger partial charge in [-0.2, -0.15) is 0 Å². The molecule has 1 atom stereocenters. The Morgan fingerprint density at radius 2 is 1.90 bits per heavy atom. The number of methoxy groups -OCH3 is 1. The topological polar surface area (TPSA) is 94.6 Å². The summed E-state index contributed by atoms with van der Waals surface area (Å²) < 4.78 is 37.7. The number of carbonyl (C=O) groups excluding carboxylic acids is 1. The summed E-state index contributed by atoms with van der Waals surface area (Å²) in [6.45, 7) is 0.877. The Hall–Kier alpha value is -2.16. The predicted octanol–water partition coefficient (Wildman–Crippen LogP) is 4.22. The normalized spacial score (nSPS) is 12.3. The highest BCUT2D eigenvalue weighted by atomic mass is 35.5. The number of nitrogens with zero attached hydrogens (tertiary/aromatic N) is 1. The average molecular weight is 469 g/mol. The molecule has 2 aromatic rings. The lowest BCUT2D eigenvalue weighted by atomic mass is 9.94. The summed E-state index contributed by atoms with van der Waals surface area (Å²) in [6, 6.07) is 9.73. The Morgan fingerprint density at radius 3 is 2.58 bits per heavy atom. The molecular weight excluding hydrogens is 440 g/mol. The standard InChI is InChI=1S/C22H29ClN2O5S/c1-29-22(26)12-7-18(13-16-30-20-6-4-14-24-17-20)5-2-3-15-25-31(27,28)21-10-8-19(23)9-11-21/h4,6,8-11,14,17-18,25H,2-3,5,7,12-13,15-16H2,1H3. The number of pyridine rings is 1. The third kappa shape index (κ3) is 9.67. The molecule has 0 aliphatic rings. The zero-order chi connectivity index (χ0) is 22.5. The minimum atomic E-state index is -3.54. The first-order chi connectivity index (χ1) is 14.9. The number of sulfonamides is 1. The molecule has 0 bridgehead atoms. The van der Waals surface area contributed by atoms with E-state index in [9.17, 15) is 13.2 Å². The molecule has 0 spiro atoms. The Morgan fingerprint density at radius 1 is 1.13 bits per heavy atom. The number of carbonyl (C=O) groups is 1. The van der Waals surface area contributed by atoms with Crippen LogP contribution in [0.5, 0.6) is 5.75 Å². The highest BCUT2D eigenvalue weighted by Crippen LogP contribution is 2.20. The lowest BCUT2D eigenvalue weighted by Crippen LogP contribution is -2.24. The van der Waals surface area contributed by atoms with E-state index in [1.54, 1.807) is 24.5 Å². The van der Waals surface area contributed by atoms with Crippen LogP contribution in [0.3, 0.4) is 0 Å². The maximum Gasteiger partial charge on any atom is 0.305 e. The van der Waals surface area contributed by atoms with E-state index in [-0.39, 0.29) is 16.8 Å². The van der Waals surface area contributed by atoms with Gasteiger partial charge in [0.05, 0.1) is 24.8 Å². The molecule has 1 N–H and O–H groups in total. The van der Waals surface area contributed by atoms with E-state index in [4.69, 9.17) is 21.1 Å². The number of nitrogens with one attached hydrogen (secondary N) is 1. The van der Waals surface area contributed by atoms with Gasteiger partial charge in [-0.05, 0) is 61.6 Å². The van der Waals surface area contributed by atoms with Crippen molar-refractivity contribution in [3.63, 3.8) is 0 Å². The summed E-state index contributed by atoms with van der Waals surface area (Å²) in [5, 5.41) is 0.490. The first kappa shape index (κ1) is 25.1. The van der Waals surface area contributed by atoms with Gasteiger partial charge in [-0.25, -0.2) is 13.1 Å². The van der Waals surface area contributed by atoms with E-state index in [1.165, 1.54) is 19.2 Å². The van der Waals surface area contributed by atoms with E-state index in [1.807, 2.05) is 12.1 Å². The number of benzene rings is 1. The Kier molecular flexibility index (Phi) is 10.8. The molecule has 1 aromatic carbocycles. The van der Waals surface area contributed by atoms with Crippen molar-refractivity contribution in [2.45, 2.75) is 43.4 Å². The number of rotatable bonds is 14. The molecule has 1 heterocycles. The molecule has 7 nitrogen and oxygen atoms in total. The second kappa shape index (κ2) is 13.3. The van der Waals surface area contributed by atoms with Crippen molar-refractivity contribution in [3.8, 4) is 5.75 Å². The zero-order valence-corrected chi connectivity index (χ0v) is 19.2. The van der Waals surface area contributed by atoms with E-state index >= 15 is 0 Å². The summed E-state index contributed by atoms with van der Waals surface area (Å²) in [5.41, 5.74) is 0. The zero-order valence-electron chi connectivity index (χ0n) is 17.6. The SMILES string of the molecule is COC(=O)CCC(CCCCNS(=O)(=O)c1ccc(Cl)cc1)CCOc1cccnc1. The van der Waals surface area contributed by atoms with Gasteiger partial charge in [0.2, 0.25) is 10.0 Å². The quantitative estimate of drug-likeness (QED) is 0.329. The maximum absolute atomic E-state index is 12.3. The summed E-state index contributed by atoms with van der Waals surface area (Å²) in [6.07, 6.45) is 7.62. The fourth-order valence-electron chi connectivity index (χ4n) is 3.09. The molecule has 170 valence electrons. The van der Waals surface area contributed by atoms with Gasteiger partial charge in [-0.15, -0.1) is 0 Å². The van der Waals surface area contributed by atoms with Crippen LogP contribution in [0.1, 0.15) is 38.5 Å². The van der Waals surface area contributed by atoms with Crippen LogP contribution in [-0.4, -0.2) is 39.6 Å². The molecule has 31 heavy (non-hydrogen) atoms. The molecule has 2 rings (SSSR count). The third-order valence-electron chi connectivity index (χ3n) is 4.87. The van der Waals surface area contributed by atoms with Gasteiger partial charge in [-0.3, -0.25) is 9.78 Å². The molecular formula is C22H29ClN2O5S. The van der Waals surface area contributed by atoms with Crippen LogP contribution in [0.2, 0.25) is 5.02 Å². The number of ether oxygens (including phenoxy) is 2. The van der Waals surface area contributed by atoms with Crippen molar-refractivity contribution < 1.29 is 22.7 Å². The minimum absolute atomic E-state index is 0.195. The summed E-state index contributed by atoms with van der Waals surface area (Å²) >= 11 is 5.81. The van der Waals surface area contributed by atoms with Gasteiger partial charge in [0.15, 0.2) is 0 Å². The van der Waals surface area contributed by atoms with E-state index < -0.39 is 10.0 Å². The first-order valence-electron chi connectivity index (χ1n) is 10.3. The summed E-state index contributed by atoms with van der Waals surface area (Å²) in [7, 11) is -2.16. The number of aromatic nitrogens is 1. The lowest BCUT2D eigenvalue weighted by Gasteiger charge is -2.17.